The molecule has 1 N–H and O–H groups in total. The van der Waals surface area contributed by atoms with Crippen LogP contribution >= 0.6 is 11.6 Å². The Morgan fingerprint density at radius 1 is 0.917 bits per heavy atom. The van der Waals surface area contributed by atoms with Gasteiger partial charge in [0.15, 0.2) is 5.78 Å². The Hall–Kier alpha value is -1.64. The second-order valence-electron chi connectivity index (χ2n) is 6.70. The molecule has 0 radical (unpaired) electrons. The average molecular weight is 343 g/mol. The molecule has 0 aromatic heterocycles. The first-order valence-electron chi connectivity index (χ1n) is 8.92. The van der Waals surface area contributed by atoms with Gasteiger partial charge in [0.2, 0.25) is 0 Å². The second-order valence-corrected chi connectivity index (χ2v) is 7.14. The smallest absolute Gasteiger partial charge is 0.175 e. The molecule has 2 aromatic rings. The van der Waals surface area contributed by atoms with Gasteiger partial charge in [0.25, 0.3) is 0 Å². The molecule has 0 aliphatic carbocycles. The molecule has 0 spiro atoms. The van der Waals surface area contributed by atoms with Crippen molar-refractivity contribution < 1.29 is 9.69 Å². The number of halogens is 1. The maximum Gasteiger partial charge on any atom is 0.175 e. The van der Waals surface area contributed by atoms with E-state index in [4.69, 9.17) is 11.6 Å². The van der Waals surface area contributed by atoms with Crippen LogP contribution in [0, 0.1) is 0 Å². The van der Waals surface area contributed by atoms with Crippen LogP contribution in [0.15, 0.2) is 54.6 Å². The summed E-state index contributed by atoms with van der Waals surface area (Å²) in [5.41, 5.74) is 1.87. The van der Waals surface area contributed by atoms with Gasteiger partial charge in [0.05, 0.1) is 25.6 Å². The van der Waals surface area contributed by atoms with Crippen LogP contribution in [0.3, 0.4) is 0 Å². The van der Waals surface area contributed by atoms with Gasteiger partial charge in [-0.15, -0.1) is 0 Å². The zero-order chi connectivity index (χ0) is 16.8. The first kappa shape index (κ1) is 17.2. The largest absolute Gasteiger partial charge is 0.334 e. The van der Waals surface area contributed by atoms with Gasteiger partial charge in [-0.3, -0.25) is 4.79 Å². The average Bonchev–Trinajstić information content (AvgIpc) is 2.89. The van der Waals surface area contributed by atoms with Crippen LogP contribution in [0.1, 0.15) is 47.5 Å². The lowest BCUT2D eigenvalue weighted by Gasteiger charge is -2.23. The van der Waals surface area contributed by atoms with Crippen LogP contribution in [0.25, 0.3) is 0 Å². The van der Waals surface area contributed by atoms with Gasteiger partial charge in [-0.25, -0.2) is 0 Å². The predicted molar refractivity (Wildman–Crippen MR) is 99.0 cm³/mol. The van der Waals surface area contributed by atoms with E-state index in [2.05, 4.69) is 12.1 Å². The fraction of sp³-hybridized carbons (Fsp3) is 0.381. The van der Waals surface area contributed by atoms with Gasteiger partial charge in [-0.1, -0.05) is 41.9 Å². The van der Waals surface area contributed by atoms with Crippen LogP contribution in [-0.2, 0) is 0 Å². The number of quaternary nitrogens is 1. The summed E-state index contributed by atoms with van der Waals surface area (Å²) in [6.07, 6.45) is 5.19. The lowest BCUT2D eigenvalue weighted by atomic mass is 9.90. The Kier molecular flexibility index (Phi) is 6.06. The Bertz CT molecular complexity index is 645. The number of benzene rings is 2. The number of carbonyl (C=O) groups excluding carboxylic acids is 1. The molecule has 0 bridgehead atoms. The SMILES string of the molecule is O=C(c1ccc(Cl)cc1)[C@H](C[NH+]1CCCCCC1)c1ccccc1. The third kappa shape index (κ3) is 4.46. The van der Waals surface area contributed by atoms with E-state index in [1.807, 2.05) is 30.3 Å². The molecule has 1 aliphatic rings. The Balaban J connectivity index is 1.84. The molecule has 0 amide bonds. The lowest BCUT2D eigenvalue weighted by molar-refractivity contribution is -0.899. The van der Waals surface area contributed by atoms with E-state index >= 15 is 0 Å². The first-order chi connectivity index (χ1) is 11.7. The maximum atomic E-state index is 13.2. The Morgan fingerprint density at radius 2 is 1.54 bits per heavy atom. The van der Waals surface area contributed by atoms with Crippen molar-refractivity contribution in [3.05, 3.63) is 70.7 Å². The molecule has 126 valence electrons. The highest BCUT2D eigenvalue weighted by molar-refractivity contribution is 6.30. The fourth-order valence-electron chi connectivity index (χ4n) is 3.58. The van der Waals surface area contributed by atoms with E-state index in [1.54, 1.807) is 17.0 Å². The minimum absolute atomic E-state index is 0.0829. The standard InChI is InChI=1S/C21H24ClNO/c22-19-12-10-18(11-13-19)21(24)20(17-8-4-3-5-9-17)16-23-14-6-1-2-7-15-23/h3-5,8-13,20H,1-2,6-7,14-16H2/p+1/t20-/m1/s1. The van der Waals surface area contributed by atoms with Crippen LogP contribution in [0.5, 0.6) is 0 Å². The summed E-state index contributed by atoms with van der Waals surface area (Å²) < 4.78 is 0. The Labute approximate surface area is 149 Å². The number of nitrogens with one attached hydrogen (secondary N) is 1. The highest BCUT2D eigenvalue weighted by Crippen LogP contribution is 2.21. The van der Waals surface area contributed by atoms with Gasteiger partial charge in [0.1, 0.15) is 0 Å². The minimum Gasteiger partial charge on any atom is -0.334 e. The maximum absolute atomic E-state index is 13.2. The fourth-order valence-corrected chi connectivity index (χ4v) is 3.71. The summed E-state index contributed by atoms with van der Waals surface area (Å²) in [5.74, 6) is 0.120. The molecular formula is C21H25ClNO+. The van der Waals surface area contributed by atoms with Crippen molar-refractivity contribution in [3.63, 3.8) is 0 Å². The molecule has 2 nitrogen and oxygen atoms in total. The molecule has 1 fully saturated rings. The molecule has 1 atom stereocenters. The van der Waals surface area contributed by atoms with Crippen molar-refractivity contribution >= 4 is 17.4 Å². The monoisotopic (exact) mass is 342 g/mol. The molecule has 2 aromatic carbocycles. The molecule has 3 heteroatoms. The zero-order valence-electron chi connectivity index (χ0n) is 14.0. The van der Waals surface area contributed by atoms with Crippen LogP contribution in [0.2, 0.25) is 5.02 Å². The molecule has 1 heterocycles. The normalized spacial score (nSPS) is 17.2. The van der Waals surface area contributed by atoms with E-state index in [-0.39, 0.29) is 11.7 Å². The van der Waals surface area contributed by atoms with Gasteiger partial charge in [0, 0.05) is 10.6 Å². The van der Waals surface area contributed by atoms with E-state index in [9.17, 15) is 4.79 Å². The highest BCUT2D eigenvalue weighted by Gasteiger charge is 2.27. The van der Waals surface area contributed by atoms with Crippen LogP contribution < -0.4 is 4.90 Å². The third-order valence-electron chi connectivity index (χ3n) is 4.95. The summed E-state index contributed by atoms with van der Waals surface area (Å²) in [7, 11) is 0. The summed E-state index contributed by atoms with van der Waals surface area (Å²) >= 11 is 5.97. The summed E-state index contributed by atoms with van der Waals surface area (Å²) in [6.45, 7) is 3.24. The molecule has 24 heavy (non-hydrogen) atoms. The van der Waals surface area contributed by atoms with Crippen molar-refractivity contribution in [3.8, 4) is 0 Å². The molecule has 1 saturated heterocycles. The van der Waals surface area contributed by atoms with Gasteiger partial charge in [-0.05, 0) is 55.5 Å². The Morgan fingerprint density at radius 3 is 2.17 bits per heavy atom. The van der Waals surface area contributed by atoms with Crippen LogP contribution in [-0.4, -0.2) is 25.4 Å². The topological polar surface area (TPSA) is 21.5 Å². The summed E-state index contributed by atoms with van der Waals surface area (Å²) in [6, 6.07) is 17.5. The zero-order valence-corrected chi connectivity index (χ0v) is 14.8. The molecule has 0 unspecified atom stereocenters. The predicted octanol–water partition coefficient (Wildman–Crippen LogP) is 3.77. The van der Waals surface area contributed by atoms with Crippen molar-refractivity contribution in [1.82, 2.24) is 0 Å². The number of Topliss-reactive ketones (excluding diaryl/α,β-unsaturated/α-hetero) is 1. The quantitative estimate of drug-likeness (QED) is 0.821. The second kappa shape index (κ2) is 8.46. The number of hydrogen-bond donors (Lipinski definition) is 1. The number of carbonyl (C=O) groups is 1. The lowest BCUT2D eigenvalue weighted by Crippen LogP contribution is -3.12. The highest BCUT2D eigenvalue weighted by atomic mass is 35.5. The summed E-state index contributed by atoms with van der Waals surface area (Å²) in [5, 5.41) is 0.668. The first-order valence-corrected chi connectivity index (χ1v) is 9.30. The summed E-state index contributed by atoms with van der Waals surface area (Å²) in [4.78, 5) is 14.7. The van der Waals surface area contributed by atoms with E-state index in [0.717, 1.165) is 17.7 Å². The number of rotatable bonds is 5. The third-order valence-corrected chi connectivity index (χ3v) is 5.20. The molecule has 1 aliphatic heterocycles. The van der Waals surface area contributed by atoms with E-state index in [0.29, 0.717) is 5.02 Å². The molecule has 0 saturated carbocycles. The van der Waals surface area contributed by atoms with Crippen LogP contribution in [0.4, 0.5) is 0 Å². The van der Waals surface area contributed by atoms with Gasteiger partial charge >= 0.3 is 0 Å². The number of ketones is 1. The van der Waals surface area contributed by atoms with Crippen molar-refractivity contribution in [2.75, 3.05) is 19.6 Å². The van der Waals surface area contributed by atoms with Crippen molar-refractivity contribution in [1.29, 1.82) is 0 Å². The van der Waals surface area contributed by atoms with Gasteiger partial charge in [-0.2, -0.15) is 0 Å². The molecule has 3 rings (SSSR count). The van der Waals surface area contributed by atoms with Crippen molar-refractivity contribution in [2.24, 2.45) is 0 Å². The number of hydrogen-bond acceptors (Lipinski definition) is 1. The number of likely N-dealkylation sites (tertiary alicyclic amines) is 1. The van der Waals surface area contributed by atoms with E-state index < -0.39 is 0 Å². The van der Waals surface area contributed by atoms with Crippen molar-refractivity contribution in [2.45, 2.75) is 31.6 Å². The molecular weight excluding hydrogens is 318 g/mol. The minimum atomic E-state index is -0.0829. The van der Waals surface area contributed by atoms with E-state index in [1.165, 1.54) is 38.8 Å². The van der Waals surface area contributed by atoms with Gasteiger partial charge < -0.3 is 4.90 Å².